The van der Waals surface area contributed by atoms with Crippen molar-refractivity contribution in [2.45, 2.75) is 0 Å². The molecule has 0 radical (unpaired) electrons. The van der Waals surface area contributed by atoms with Crippen LogP contribution in [0, 0.1) is 0 Å². The Morgan fingerprint density at radius 3 is 2.68 bits per heavy atom. The minimum Gasteiger partial charge on any atom is -0.462 e. The molecule has 1 aliphatic rings. The summed E-state index contributed by atoms with van der Waals surface area (Å²) in [5.41, 5.74) is 0.183. The summed E-state index contributed by atoms with van der Waals surface area (Å²) in [5.74, 6) is -0.251. The molecule has 0 spiro atoms. The van der Waals surface area contributed by atoms with Crippen LogP contribution >= 0.6 is 47.2 Å². The Bertz CT molecular complexity index is 920. The fourth-order valence-corrected chi connectivity index (χ4v) is 3.67. The molecule has 0 atom stereocenters. The van der Waals surface area contributed by atoms with Crippen molar-refractivity contribution in [1.29, 1.82) is 0 Å². The third kappa shape index (κ3) is 2.56. The second kappa shape index (κ2) is 5.70. The van der Waals surface area contributed by atoms with Crippen molar-refractivity contribution in [3.05, 3.63) is 49.1 Å². The molecule has 1 aromatic heterocycles. The summed E-state index contributed by atoms with van der Waals surface area (Å²) in [6, 6.07) is 2.98. The molecule has 8 heteroatoms. The lowest BCUT2D eigenvalue weighted by Gasteiger charge is -2.04. The molecule has 1 saturated heterocycles. The van der Waals surface area contributed by atoms with Crippen molar-refractivity contribution in [2.75, 3.05) is 7.05 Å². The van der Waals surface area contributed by atoms with Crippen molar-refractivity contribution >= 4 is 74.5 Å². The lowest BCUT2D eigenvalue weighted by atomic mass is 10.1. The van der Waals surface area contributed by atoms with Gasteiger partial charge >= 0.3 is 0 Å². The third-order valence-corrected chi connectivity index (χ3v) is 5.08. The molecule has 3 rings (SSSR count). The van der Waals surface area contributed by atoms with Gasteiger partial charge in [-0.3, -0.25) is 14.5 Å². The van der Waals surface area contributed by atoms with Crippen LogP contribution in [0.3, 0.4) is 0 Å². The van der Waals surface area contributed by atoms with E-state index in [0.717, 1.165) is 11.8 Å². The molecule has 0 bridgehead atoms. The van der Waals surface area contributed by atoms with E-state index in [1.807, 2.05) is 0 Å². The maximum absolute atomic E-state index is 12.5. The van der Waals surface area contributed by atoms with Crippen LogP contribution in [-0.4, -0.2) is 22.2 Å². The van der Waals surface area contributed by atoms with E-state index < -0.39 is 0 Å². The van der Waals surface area contributed by atoms with Crippen LogP contribution in [0.15, 0.2) is 32.5 Å². The Kier molecular flexibility index (Phi) is 4.03. The van der Waals surface area contributed by atoms with Crippen LogP contribution in [-0.2, 0) is 4.79 Å². The average Bonchev–Trinajstić information content (AvgIpc) is 2.70. The lowest BCUT2D eigenvalue weighted by molar-refractivity contribution is -0.121. The van der Waals surface area contributed by atoms with Gasteiger partial charge in [0.05, 0.1) is 20.9 Å². The van der Waals surface area contributed by atoms with E-state index in [9.17, 15) is 9.59 Å². The summed E-state index contributed by atoms with van der Waals surface area (Å²) in [6.07, 6.45) is 2.73. The molecule has 0 N–H and O–H groups in total. The zero-order chi connectivity index (χ0) is 16.0. The number of fused-ring (bicyclic) bond motifs is 1. The normalized spacial score (nSPS) is 17.0. The zero-order valence-corrected chi connectivity index (χ0v) is 14.2. The van der Waals surface area contributed by atoms with E-state index in [4.69, 9.17) is 39.8 Å². The first kappa shape index (κ1) is 15.6. The topological polar surface area (TPSA) is 50.5 Å². The van der Waals surface area contributed by atoms with E-state index in [1.165, 1.54) is 29.4 Å². The van der Waals surface area contributed by atoms with Gasteiger partial charge in [-0.1, -0.05) is 47.2 Å². The number of halogens is 2. The van der Waals surface area contributed by atoms with E-state index >= 15 is 0 Å². The summed E-state index contributed by atoms with van der Waals surface area (Å²) >= 11 is 18.1. The minimum atomic E-state index is -0.313. The Hall–Kier alpha value is -1.34. The molecule has 1 amide bonds. The maximum atomic E-state index is 12.5. The second-order valence-electron chi connectivity index (χ2n) is 4.53. The van der Waals surface area contributed by atoms with Crippen molar-refractivity contribution in [3.8, 4) is 0 Å². The summed E-state index contributed by atoms with van der Waals surface area (Å²) in [5, 5.41) is 0.853. The average molecular weight is 372 g/mol. The van der Waals surface area contributed by atoms with Crippen LogP contribution in [0.5, 0.6) is 0 Å². The van der Waals surface area contributed by atoms with Gasteiger partial charge in [-0.05, 0) is 18.2 Å². The highest BCUT2D eigenvalue weighted by atomic mass is 35.5. The van der Waals surface area contributed by atoms with Crippen LogP contribution in [0.25, 0.3) is 17.0 Å². The van der Waals surface area contributed by atoms with Crippen LogP contribution in [0.1, 0.15) is 5.56 Å². The molecule has 0 unspecified atom stereocenters. The molecule has 0 aliphatic carbocycles. The molecule has 1 fully saturated rings. The van der Waals surface area contributed by atoms with Gasteiger partial charge < -0.3 is 4.42 Å². The number of carbonyl (C=O) groups is 1. The molecule has 2 aromatic rings. The molecular formula is C14H7Cl2NO3S2. The monoisotopic (exact) mass is 371 g/mol. The lowest BCUT2D eigenvalue weighted by Crippen LogP contribution is -2.22. The van der Waals surface area contributed by atoms with E-state index in [-0.39, 0.29) is 32.9 Å². The Morgan fingerprint density at radius 2 is 2.05 bits per heavy atom. The number of likely N-dealkylation sites (N-methyl/N-ethyl adjacent to an activating group) is 1. The summed E-state index contributed by atoms with van der Waals surface area (Å²) in [4.78, 5) is 26.2. The SMILES string of the molecule is CN1C(=O)/C(=C\c2coc3c(Cl)cc(Cl)cc3c2=O)SC1=S. The van der Waals surface area contributed by atoms with Crippen LogP contribution in [0.2, 0.25) is 10.0 Å². The first-order chi connectivity index (χ1) is 10.4. The molecule has 1 aliphatic heterocycles. The highest BCUT2D eigenvalue weighted by Gasteiger charge is 2.29. The minimum absolute atomic E-state index is 0.236. The molecule has 1 aromatic carbocycles. The third-order valence-electron chi connectivity index (χ3n) is 3.09. The zero-order valence-electron chi connectivity index (χ0n) is 11.1. The number of hydrogen-bond acceptors (Lipinski definition) is 5. The van der Waals surface area contributed by atoms with Gasteiger partial charge in [-0.2, -0.15) is 0 Å². The van der Waals surface area contributed by atoms with Gasteiger partial charge in [0, 0.05) is 12.1 Å². The fraction of sp³-hybridized carbons (Fsp3) is 0.0714. The number of rotatable bonds is 1. The number of hydrogen-bond donors (Lipinski definition) is 0. The Balaban J connectivity index is 2.18. The Morgan fingerprint density at radius 1 is 1.32 bits per heavy atom. The quantitative estimate of drug-likeness (QED) is 0.561. The summed E-state index contributed by atoms with van der Waals surface area (Å²) in [6.45, 7) is 0. The molecule has 2 heterocycles. The van der Waals surface area contributed by atoms with Gasteiger partial charge in [0.2, 0.25) is 0 Å². The fourth-order valence-electron chi connectivity index (χ4n) is 1.97. The number of carbonyl (C=O) groups excluding carboxylic acids is 1. The predicted molar refractivity (Wildman–Crippen MR) is 93.4 cm³/mol. The first-order valence-corrected chi connectivity index (χ1v) is 7.98. The largest absolute Gasteiger partial charge is 0.462 e. The van der Waals surface area contributed by atoms with Gasteiger partial charge in [0.15, 0.2) is 11.0 Å². The van der Waals surface area contributed by atoms with Crippen molar-refractivity contribution in [2.24, 2.45) is 0 Å². The van der Waals surface area contributed by atoms with Crippen molar-refractivity contribution in [3.63, 3.8) is 0 Å². The van der Waals surface area contributed by atoms with Crippen LogP contribution < -0.4 is 5.43 Å². The van der Waals surface area contributed by atoms with E-state index in [1.54, 1.807) is 7.05 Å². The summed E-state index contributed by atoms with van der Waals surface area (Å²) in [7, 11) is 1.58. The standard InChI is InChI=1S/C14H7Cl2NO3S2/c1-17-13(19)10(22-14(17)21)2-6-5-20-12-8(11(6)18)3-7(15)4-9(12)16/h2-5H,1H3/b10-2+. The van der Waals surface area contributed by atoms with Gasteiger partial charge in [0.1, 0.15) is 10.6 Å². The van der Waals surface area contributed by atoms with Crippen LogP contribution in [0.4, 0.5) is 0 Å². The van der Waals surface area contributed by atoms with Crippen molar-refractivity contribution < 1.29 is 9.21 Å². The van der Waals surface area contributed by atoms with Crippen molar-refractivity contribution in [1.82, 2.24) is 4.90 Å². The van der Waals surface area contributed by atoms with Gasteiger partial charge in [-0.25, -0.2) is 0 Å². The highest BCUT2D eigenvalue weighted by molar-refractivity contribution is 8.26. The first-order valence-electron chi connectivity index (χ1n) is 6.00. The molecule has 4 nitrogen and oxygen atoms in total. The number of thioether (sulfide) groups is 1. The van der Waals surface area contributed by atoms with Gasteiger partial charge in [0.25, 0.3) is 5.91 Å². The molecule has 22 heavy (non-hydrogen) atoms. The number of amides is 1. The summed E-state index contributed by atoms with van der Waals surface area (Å²) < 4.78 is 5.84. The Labute approximate surface area is 144 Å². The number of thiocarbonyl (C=S) groups is 1. The highest BCUT2D eigenvalue weighted by Crippen LogP contribution is 2.32. The number of benzene rings is 1. The molecule has 0 saturated carbocycles. The van der Waals surface area contributed by atoms with Gasteiger partial charge in [-0.15, -0.1) is 0 Å². The molecule has 112 valence electrons. The smallest absolute Gasteiger partial charge is 0.265 e. The number of nitrogens with zero attached hydrogens (tertiary/aromatic N) is 1. The van der Waals surface area contributed by atoms with E-state index in [2.05, 4.69) is 0 Å². The maximum Gasteiger partial charge on any atom is 0.265 e. The van der Waals surface area contributed by atoms with E-state index in [0.29, 0.717) is 14.2 Å². The molecular weight excluding hydrogens is 365 g/mol. The predicted octanol–water partition coefficient (Wildman–Crippen LogP) is 3.93. The second-order valence-corrected chi connectivity index (χ2v) is 7.04.